The molecule has 3 aromatic rings. The van der Waals surface area contributed by atoms with Crippen molar-refractivity contribution in [2.75, 3.05) is 39.3 Å². The van der Waals surface area contributed by atoms with Crippen LogP contribution in [0.4, 0.5) is 0 Å². The number of aryl methyl sites for hydroxylation is 2. The van der Waals surface area contributed by atoms with E-state index in [0.29, 0.717) is 17.3 Å². The maximum absolute atomic E-state index is 2.61. The molecule has 0 atom stereocenters. The molecule has 0 unspecified atom stereocenters. The minimum absolute atomic E-state index is 0.550. The van der Waals surface area contributed by atoms with Crippen LogP contribution < -0.4 is 0 Å². The Bertz CT molecular complexity index is 1140. The molecule has 0 N–H and O–H groups in total. The highest BCUT2D eigenvalue weighted by Crippen LogP contribution is 2.23. The Hall–Kier alpha value is -2.42. The first-order valence-electron chi connectivity index (χ1n) is 24.3. The first-order chi connectivity index (χ1) is 27.6. The lowest BCUT2D eigenvalue weighted by Gasteiger charge is -2.26. The summed E-state index contributed by atoms with van der Waals surface area (Å²) >= 11 is 0. The van der Waals surface area contributed by atoms with Gasteiger partial charge in [0, 0.05) is 13.1 Å². The molecule has 0 aromatic heterocycles. The lowest BCUT2D eigenvalue weighted by Crippen LogP contribution is -2.36. The number of hydrogen-bond donors (Lipinski definition) is 0. The van der Waals surface area contributed by atoms with Gasteiger partial charge in [-0.25, -0.2) is 0 Å². The van der Waals surface area contributed by atoms with Crippen molar-refractivity contribution in [1.82, 2.24) is 9.80 Å². The second kappa shape index (κ2) is 45.7. The van der Waals surface area contributed by atoms with Crippen LogP contribution in [0.5, 0.6) is 0 Å². The van der Waals surface area contributed by atoms with E-state index in [-0.39, 0.29) is 0 Å². The van der Waals surface area contributed by atoms with E-state index in [2.05, 4.69) is 193 Å². The molecule has 0 spiro atoms. The van der Waals surface area contributed by atoms with E-state index in [1.165, 1.54) is 118 Å². The van der Waals surface area contributed by atoms with Gasteiger partial charge >= 0.3 is 0 Å². The molecule has 0 saturated heterocycles. The predicted octanol–water partition coefficient (Wildman–Crippen LogP) is 18.5. The predicted molar refractivity (Wildman–Crippen MR) is 274 cm³/mol. The second-order valence-corrected chi connectivity index (χ2v) is 16.4. The Morgan fingerprint density at radius 3 is 0.845 bits per heavy atom. The van der Waals surface area contributed by atoms with Crippen LogP contribution in [0.3, 0.4) is 0 Å². The van der Waals surface area contributed by atoms with Gasteiger partial charge in [0.1, 0.15) is 0 Å². The fourth-order valence-electron chi connectivity index (χ4n) is 5.73. The molecule has 340 valence electrons. The fourth-order valence-corrected chi connectivity index (χ4v) is 5.73. The van der Waals surface area contributed by atoms with E-state index >= 15 is 0 Å². The van der Waals surface area contributed by atoms with Crippen molar-refractivity contribution < 1.29 is 0 Å². The Labute approximate surface area is 368 Å². The van der Waals surface area contributed by atoms with Crippen LogP contribution in [0, 0.1) is 19.3 Å². The third-order valence-electron chi connectivity index (χ3n) is 8.60. The van der Waals surface area contributed by atoms with Gasteiger partial charge in [-0.2, -0.15) is 0 Å². The second-order valence-electron chi connectivity index (χ2n) is 16.4. The summed E-state index contributed by atoms with van der Waals surface area (Å²) in [6.07, 6.45) is 9.02. The summed E-state index contributed by atoms with van der Waals surface area (Å²) in [5.74, 6) is 1.26. The zero-order chi connectivity index (χ0) is 46.0. The van der Waals surface area contributed by atoms with Crippen LogP contribution in [0.25, 0.3) is 11.1 Å². The maximum Gasteiger partial charge on any atom is 0.0109 e. The molecule has 3 rings (SSSR count). The average Bonchev–Trinajstić information content (AvgIpc) is 3.21. The van der Waals surface area contributed by atoms with Crippen molar-refractivity contribution in [3.63, 3.8) is 0 Å². The Morgan fingerprint density at radius 2 is 0.638 bits per heavy atom. The highest BCUT2D eigenvalue weighted by molar-refractivity contribution is 5.64. The minimum atomic E-state index is 0.550. The van der Waals surface area contributed by atoms with Gasteiger partial charge in [0.15, 0.2) is 0 Å². The lowest BCUT2D eigenvalue weighted by atomic mass is 9.91. The highest BCUT2D eigenvalue weighted by Gasteiger charge is 2.07. The van der Waals surface area contributed by atoms with Gasteiger partial charge in [-0.1, -0.05) is 235 Å². The normalized spacial score (nSPS) is 10.0. The van der Waals surface area contributed by atoms with Gasteiger partial charge in [-0.05, 0) is 112 Å². The molecule has 0 radical (unpaired) electrons. The van der Waals surface area contributed by atoms with E-state index in [0.717, 1.165) is 0 Å². The van der Waals surface area contributed by atoms with Crippen LogP contribution in [0.15, 0.2) is 72.8 Å². The summed E-state index contributed by atoms with van der Waals surface area (Å²) in [4.78, 5) is 5.22. The molecule has 58 heavy (non-hydrogen) atoms. The van der Waals surface area contributed by atoms with Crippen molar-refractivity contribution in [2.24, 2.45) is 5.41 Å². The zero-order valence-corrected chi connectivity index (χ0v) is 43.7. The SMILES string of the molecule is CC.CC.CC.CCC.CCCC(C)(C)C.CCCN(CCC)CCN(CCC)CCC.Cc1ccc(-c2ccc(C(C)C)cc2)cc1.Cc1ccc(C(C)C)cc1. The van der Waals surface area contributed by atoms with Gasteiger partial charge in [-0.15, -0.1) is 0 Å². The largest absolute Gasteiger partial charge is 0.302 e. The van der Waals surface area contributed by atoms with Gasteiger partial charge in [0.2, 0.25) is 0 Å². The van der Waals surface area contributed by atoms with Crippen molar-refractivity contribution in [1.29, 1.82) is 0 Å². The lowest BCUT2D eigenvalue weighted by molar-refractivity contribution is 0.203. The van der Waals surface area contributed by atoms with E-state index in [1.807, 2.05) is 41.5 Å². The summed E-state index contributed by atoms with van der Waals surface area (Å²) in [5.41, 5.74) is 8.60. The fraction of sp³-hybridized carbons (Fsp3) is 0.679. The first kappa shape index (κ1) is 64.7. The van der Waals surface area contributed by atoms with Crippen molar-refractivity contribution >= 4 is 0 Å². The van der Waals surface area contributed by atoms with Gasteiger partial charge in [0.05, 0.1) is 0 Å². The number of nitrogens with zero attached hydrogens (tertiary/aromatic N) is 2. The van der Waals surface area contributed by atoms with Crippen LogP contribution in [0.1, 0.15) is 218 Å². The van der Waals surface area contributed by atoms with Crippen molar-refractivity contribution in [2.45, 2.75) is 209 Å². The van der Waals surface area contributed by atoms with E-state index in [4.69, 9.17) is 0 Å². The highest BCUT2D eigenvalue weighted by atomic mass is 15.2. The summed E-state index contributed by atoms with van der Waals surface area (Å²) in [7, 11) is 0. The Balaban J connectivity index is -0.000000208. The molecule has 0 bridgehead atoms. The molecule has 3 aromatic carbocycles. The molecule has 0 aliphatic rings. The van der Waals surface area contributed by atoms with Crippen LogP contribution >= 0.6 is 0 Å². The quantitative estimate of drug-likeness (QED) is 0.151. The summed E-state index contributed by atoms with van der Waals surface area (Å²) in [5, 5.41) is 0. The Morgan fingerprint density at radius 1 is 0.397 bits per heavy atom. The van der Waals surface area contributed by atoms with Gasteiger partial charge < -0.3 is 9.80 Å². The zero-order valence-electron chi connectivity index (χ0n) is 43.7. The van der Waals surface area contributed by atoms with Crippen LogP contribution in [-0.4, -0.2) is 49.1 Å². The van der Waals surface area contributed by atoms with Gasteiger partial charge in [0.25, 0.3) is 0 Å². The molecular weight excluding hydrogens is 701 g/mol. The maximum atomic E-state index is 2.61. The molecule has 0 aliphatic heterocycles. The summed E-state index contributed by atoms with van der Waals surface area (Å²) < 4.78 is 0. The molecule has 0 fully saturated rings. The van der Waals surface area contributed by atoms with Crippen molar-refractivity contribution in [3.05, 3.63) is 95.1 Å². The van der Waals surface area contributed by atoms with E-state index in [1.54, 1.807) is 0 Å². The van der Waals surface area contributed by atoms with Crippen LogP contribution in [-0.2, 0) is 0 Å². The third-order valence-corrected chi connectivity index (χ3v) is 8.60. The first-order valence-corrected chi connectivity index (χ1v) is 24.3. The minimum Gasteiger partial charge on any atom is -0.302 e. The topological polar surface area (TPSA) is 6.48 Å². The van der Waals surface area contributed by atoms with Crippen molar-refractivity contribution in [3.8, 4) is 11.1 Å². The van der Waals surface area contributed by atoms with E-state index in [9.17, 15) is 0 Å². The molecule has 0 aliphatic carbocycles. The summed E-state index contributed by atoms with van der Waals surface area (Å²) in [6, 6.07) is 26.3. The molecular formula is C56H106N2. The molecule has 0 amide bonds. The van der Waals surface area contributed by atoms with E-state index < -0.39 is 0 Å². The molecule has 0 saturated carbocycles. The molecule has 2 heteroatoms. The average molecular weight is 807 g/mol. The standard InChI is InChI=1S/C16H18.C14H32N2.C10H14.C7H16.C3H8.3C2H6/c1-12(2)14-8-10-16(11-9-14)15-6-4-13(3)5-7-15;1-5-9-15(10-6-2)13-14-16(11-7-3)12-8-4;1-8(2)10-6-4-9(3)5-7-10;1-5-6-7(2,3)4;1-3-2;3*1-2/h4-12H,1-3H3;5-14H2,1-4H3;4-8H,1-3H3;5-6H2,1-4H3;3H2,1-2H3;3*1-2H3. The number of benzene rings is 3. The smallest absolute Gasteiger partial charge is 0.0109 e. The van der Waals surface area contributed by atoms with Crippen LogP contribution in [0.2, 0.25) is 0 Å². The van der Waals surface area contributed by atoms with Gasteiger partial charge in [-0.3, -0.25) is 0 Å². The molecule has 0 heterocycles. The Kier molecular flexibility index (Phi) is 50.9. The molecule has 2 nitrogen and oxygen atoms in total. The third kappa shape index (κ3) is 40.4. The monoisotopic (exact) mass is 807 g/mol. The number of rotatable bonds is 15. The number of hydrogen-bond acceptors (Lipinski definition) is 2. The summed E-state index contributed by atoms with van der Waals surface area (Å²) in [6.45, 7) is 55.1.